The van der Waals surface area contributed by atoms with Crippen LogP contribution in [0.2, 0.25) is 10.0 Å². The van der Waals surface area contributed by atoms with Crippen LogP contribution in [0.15, 0.2) is 18.2 Å². The largest absolute Gasteiger partial charge is 0.393 e. The molecule has 1 aromatic carbocycles. The first-order valence-corrected chi connectivity index (χ1v) is 7.62. The number of hydrogen-bond acceptors (Lipinski definition) is 2. The van der Waals surface area contributed by atoms with E-state index in [1.807, 2.05) is 17.9 Å². The van der Waals surface area contributed by atoms with Gasteiger partial charge < -0.3 is 10.0 Å². The molecule has 1 aliphatic rings. The van der Waals surface area contributed by atoms with Gasteiger partial charge in [-0.1, -0.05) is 36.2 Å². The minimum atomic E-state index is -0.287. The van der Waals surface area contributed by atoms with Crippen LogP contribution in [0.25, 0.3) is 0 Å². The smallest absolute Gasteiger partial charge is 0.222 e. The fraction of sp³-hybridized carbons (Fsp3) is 0.533. The van der Waals surface area contributed by atoms with Gasteiger partial charge in [-0.3, -0.25) is 4.79 Å². The number of aryl methyl sites for hydroxylation is 1. The molecule has 1 aliphatic heterocycles. The monoisotopic (exact) mass is 315 g/mol. The lowest BCUT2D eigenvalue weighted by atomic mass is 9.96. The van der Waals surface area contributed by atoms with Crippen molar-refractivity contribution in [2.24, 2.45) is 5.92 Å². The fourth-order valence-corrected chi connectivity index (χ4v) is 2.99. The Hall–Kier alpha value is -0.770. The maximum atomic E-state index is 12.2. The molecule has 0 saturated carbocycles. The molecule has 0 spiro atoms. The van der Waals surface area contributed by atoms with E-state index in [1.165, 1.54) is 0 Å². The summed E-state index contributed by atoms with van der Waals surface area (Å²) in [5, 5.41) is 10.9. The number of rotatable bonds is 3. The zero-order chi connectivity index (χ0) is 14.7. The maximum absolute atomic E-state index is 12.2. The molecule has 1 saturated heterocycles. The van der Waals surface area contributed by atoms with Gasteiger partial charge in [-0.2, -0.15) is 0 Å². The lowest BCUT2D eigenvalue weighted by Gasteiger charge is -2.34. The number of carbonyl (C=O) groups is 1. The zero-order valence-corrected chi connectivity index (χ0v) is 13.0. The maximum Gasteiger partial charge on any atom is 0.222 e. The number of nitrogens with zero attached hydrogens (tertiary/aromatic N) is 1. The predicted molar refractivity (Wildman–Crippen MR) is 81.2 cm³/mol. The van der Waals surface area contributed by atoms with Crippen LogP contribution >= 0.6 is 23.2 Å². The third kappa shape index (κ3) is 3.87. The number of likely N-dealkylation sites (tertiary alicyclic amines) is 1. The second-order valence-electron chi connectivity index (χ2n) is 5.41. The highest BCUT2D eigenvalue weighted by Crippen LogP contribution is 2.23. The van der Waals surface area contributed by atoms with E-state index in [9.17, 15) is 9.90 Å². The average Bonchev–Trinajstić information content (AvgIpc) is 2.40. The summed E-state index contributed by atoms with van der Waals surface area (Å²) in [6, 6.07) is 5.34. The highest BCUT2D eigenvalue weighted by molar-refractivity contribution is 6.35. The van der Waals surface area contributed by atoms with Crippen LogP contribution in [0.4, 0.5) is 0 Å². The first-order chi connectivity index (χ1) is 9.47. The SMILES string of the molecule is CC1CN(C(=O)CCc2ccc(Cl)cc2Cl)CCC1O. The number of hydrogen-bond donors (Lipinski definition) is 1. The van der Waals surface area contributed by atoms with Crippen molar-refractivity contribution in [1.29, 1.82) is 0 Å². The molecule has 0 bridgehead atoms. The summed E-state index contributed by atoms with van der Waals surface area (Å²) in [5.74, 6) is 0.265. The third-order valence-corrected chi connectivity index (χ3v) is 4.42. The Morgan fingerprint density at radius 3 is 2.85 bits per heavy atom. The minimum Gasteiger partial charge on any atom is -0.393 e. The van der Waals surface area contributed by atoms with E-state index in [-0.39, 0.29) is 17.9 Å². The van der Waals surface area contributed by atoms with Crippen molar-refractivity contribution in [3.8, 4) is 0 Å². The first-order valence-electron chi connectivity index (χ1n) is 6.87. The topological polar surface area (TPSA) is 40.5 Å². The van der Waals surface area contributed by atoms with Crippen molar-refractivity contribution in [1.82, 2.24) is 4.90 Å². The van der Waals surface area contributed by atoms with Crippen molar-refractivity contribution >= 4 is 29.1 Å². The van der Waals surface area contributed by atoms with E-state index < -0.39 is 0 Å². The van der Waals surface area contributed by atoms with Gasteiger partial charge in [-0.25, -0.2) is 0 Å². The van der Waals surface area contributed by atoms with Gasteiger partial charge in [0.05, 0.1) is 6.10 Å². The van der Waals surface area contributed by atoms with Crippen LogP contribution in [-0.2, 0) is 11.2 Å². The minimum absolute atomic E-state index is 0.120. The molecule has 2 atom stereocenters. The van der Waals surface area contributed by atoms with Gasteiger partial charge in [0.15, 0.2) is 0 Å². The van der Waals surface area contributed by atoms with Crippen molar-refractivity contribution in [3.05, 3.63) is 33.8 Å². The molecule has 1 N–H and O–H groups in total. The molecule has 110 valence electrons. The van der Waals surface area contributed by atoms with E-state index in [1.54, 1.807) is 12.1 Å². The molecule has 5 heteroatoms. The van der Waals surface area contributed by atoms with Crippen LogP contribution in [0.1, 0.15) is 25.3 Å². The molecule has 1 fully saturated rings. The Morgan fingerprint density at radius 1 is 1.45 bits per heavy atom. The van der Waals surface area contributed by atoms with E-state index in [0.717, 1.165) is 5.56 Å². The number of amides is 1. The number of benzene rings is 1. The molecular formula is C15H19Cl2NO2. The molecular weight excluding hydrogens is 297 g/mol. The lowest BCUT2D eigenvalue weighted by Crippen LogP contribution is -2.45. The molecule has 1 amide bonds. The Balaban J connectivity index is 1.89. The van der Waals surface area contributed by atoms with E-state index in [2.05, 4.69) is 0 Å². The number of carbonyl (C=O) groups excluding carboxylic acids is 1. The quantitative estimate of drug-likeness (QED) is 0.930. The van der Waals surface area contributed by atoms with Crippen LogP contribution in [-0.4, -0.2) is 35.1 Å². The van der Waals surface area contributed by atoms with Gasteiger partial charge in [0.1, 0.15) is 0 Å². The molecule has 2 rings (SSSR count). The molecule has 20 heavy (non-hydrogen) atoms. The van der Waals surface area contributed by atoms with Crippen molar-refractivity contribution < 1.29 is 9.90 Å². The third-order valence-electron chi connectivity index (χ3n) is 3.84. The lowest BCUT2D eigenvalue weighted by molar-refractivity contribution is -0.134. The summed E-state index contributed by atoms with van der Waals surface area (Å²) in [6.45, 7) is 3.24. The van der Waals surface area contributed by atoms with E-state index in [4.69, 9.17) is 23.2 Å². The Labute approximate surface area is 129 Å². The Kier molecular flexibility index (Phi) is 5.30. The van der Waals surface area contributed by atoms with Crippen LogP contribution in [0.5, 0.6) is 0 Å². The zero-order valence-electron chi connectivity index (χ0n) is 11.5. The Bertz CT molecular complexity index is 493. The molecule has 1 aromatic rings. The van der Waals surface area contributed by atoms with E-state index >= 15 is 0 Å². The summed E-state index contributed by atoms with van der Waals surface area (Å²) in [6.07, 6.45) is 1.42. The highest BCUT2D eigenvalue weighted by atomic mass is 35.5. The second kappa shape index (κ2) is 6.79. The summed E-state index contributed by atoms with van der Waals surface area (Å²) >= 11 is 11.9. The molecule has 0 aromatic heterocycles. The van der Waals surface area contributed by atoms with Gasteiger partial charge in [-0.05, 0) is 36.5 Å². The first kappa shape index (κ1) is 15.6. The van der Waals surface area contributed by atoms with Crippen molar-refractivity contribution in [2.45, 2.75) is 32.3 Å². The summed E-state index contributed by atoms with van der Waals surface area (Å²) in [4.78, 5) is 14.0. The summed E-state index contributed by atoms with van der Waals surface area (Å²) < 4.78 is 0. The standard InChI is InChI=1S/C15H19Cl2NO2/c1-10-9-18(7-6-14(10)19)15(20)5-3-11-2-4-12(16)8-13(11)17/h2,4,8,10,14,19H,3,5-7,9H2,1H3. The number of halogens is 2. The van der Waals surface area contributed by atoms with Gasteiger partial charge in [-0.15, -0.1) is 0 Å². The van der Waals surface area contributed by atoms with E-state index in [0.29, 0.717) is 42.4 Å². The normalized spacial score (nSPS) is 22.9. The van der Waals surface area contributed by atoms with Crippen LogP contribution in [0.3, 0.4) is 0 Å². The number of aliphatic hydroxyl groups is 1. The Morgan fingerprint density at radius 2 is 2.20 bits per heavy atom. The van der Waals surface area contributed by atoms with Gasteiger partial charge in [0, 0.05) is 29.6 Å². The van der Waals surface area contributed by atoms with Gasteiger partial charge in [0.25, 0.3) is 0 Å². The van der Waals surface area contributed by atoms with Crippen LogP contribution < -0.4 is 0 Å². The fourth-order valence-electron chi connectivity index (χ4n) is 2.48. The average molecular weight is 316 g/mol. The van der Waals surface area contributed by atoms with Gasteiger partial charge >= 0.3 is 0 Å². The molecule has 1 heterocycles. The van der Waals surface area contributed by atoms with Gasteiger partial charge in [0.2, 0.25) is 5.91 Å². The second-order valence-corrected chi connectivity index (χ2v) is 6.25. The van der Waals surface area contributed by atoms with Crippen LogP contribution in [0, 0.1) is 5.92 Å². The molecule has 2 unspecified atom stereocenters. The summed E-state index contributed by atoms with van der Waals surface area (Å²) in [7, 11) is 0. The number of aliphatic hydroxyl groups excluding tert-OH is 1. The molecule has 0 aliphatic carbocycles. The number of piperidine rings is 1. The summed E-state index contributed by atoms with van der Waals surface area (Å²) in [5.41, 5.74) is 0.939. The molecule has 3 nitrogen and oxygen atoms in total. The molecule has 0 radical (unpaired) electrons. The van der Waals surface area contributed by atoms with Crippen molar-refractivity contribution in [3.63, 3.8) is 0 Å². The highest BCUT2D eigenvalue weighted by Gasteiger charge is 2.26. The van der Waals surface area contributed by atoms with Crippen molar-refractivity contribution in [2.75, 3.05) is 13.1 Å². The predicted octanol–water partition coefficient (Wildman–Crippen LogP) is 3.16.